The number of aromatic nitrogens is 3. The number of pyridine rings is 1. The summed E-state index contributed by atoms with van der Waals surface area (Å²) in [7, 11) is 0. The zero-order valence-electron chi connectivity index (χ0n) is 14.3. The molecule has 0 spiro atoms. The Labute approximate surface area is 147 Å². The molecule has 7 nitrogen and oxygen atoms in total. The minimum Gasteiger partial charge on any atom is -0.356 e. The van der Waals surface area contributed by atoms with Gasteiger partial charge in [0.25, 0.3) is 0 Å². The highest BCUT2D eigenvalue weighted by Crippen LogP contribution is 2.21. The molecule has 1 aliphatic rings. The molecule has 0 aliphatic carbocycles. The van der Waals surface area contributed by atoms with Crippen molar-refractivity contribution >= 4 is 17.7 Å². The number of hydrogen-bond donors (Lipinski definition) is 2. The highest BCUT2D eigenvalue weighted by Gasteiger charge is 2.15. The summed E-state index contributed by atoms with van der Waals surface area (Å²) in [4.78, 5) is 27.0. The molecule has 0 saturated carbocycles. The van der Waals surface area contributed by atoms with Gasteiger partial charge in [-0.2, -0.15) is 0 Å². The molecular weight excluding hydrogens is 316 g/mol. The van der Waals surface area contributed by atoms with Crippen LogP contribution in [-0.4, -0.2) is 40.5 Å². The zero-order valence-corrected chi connectivity index (χ0v) is 14.3. The summed E-state index contributed by atoms with van der Waals surface area (Å²) in [5.41, 5.74) is 1.07. The average molecular weight is 340 g/mol. The van der Waals surface area contributed by atoms with Crippen LogP contribution < -0.4 is 15.5 Å². The van der Waals surface area contributed by atoms with Crippen molar-refractivity contribution in [3.63, 3.8) is 0 Å². The van der Waals surface area contributed by atoms with Gasteiger partial charge >= 0.3 is 0 Å². The lowest BCUT2D eigenvalue weighted by Gasteiger charge is -2.29. The van der Waals surface area contributed by atoms with E-state index in [1.807, 2.05) is 18.3 Å². The normalized spacial score (nSPS) is 14.2. The van der Waals surface area contributed by atoms with E-state index in [1.54, 1.807) is 18.5 Å². The van der Waals surface area contributed by atoms with Crippen molar-refractivity contribution in [2.45, 2.75) is 32.2 Å². The smallest absolute Gasteiger partial charge is 0.222 e. The largest absolute Gasteiger partial charge is 0.356 e. The first-order valence-corrected chi connectivity index (χ1v) is 8.79. The Morgan fingerprint density at radius 3 is 2.60 bits per heavy atom. The Balaban J connectivity index is 1.47. The van der Waals surface area contributed by atoms with Gasteiger partial charge in [-0.25, -0.2) is 15.0 Å². The summed E-state index contributed by atoms with van der Waals surface area (Å²) in [5, 5.41) is 6.01. The monoisotopic (exact) mass is 340 g/mol. The predicted octanol–water partition coefficient (Wildman–Crippen LogP) is 1.98. The molecule has 0 unspecified atom stereocenters. The van der Waals surface area contributed by atoms with E-state index in [0.29, 0.717) is 25.5 Å². The molecule has 3 rings (SSSR count). The molecule has 0 bridgehead atoms. The van der Waals surface area contributed by atoms with Crippen LogP contribution in [0, 0.1) is 0 Å². The maximum Gasteiger partial charge on any atom is 0.222 e. The summed E-state index contributed by atoms with van der Waals surface area (Å²) < 4.78 is 0. The highest BCUT2D eigenvalue weighted by atomic mass is 16.1. The zero-order chi connectivity index (χ0) is 17.3. The molecule has 1 amide bonds. The Kier molecular flexibility index (Phi) is 6.14. The molecule has 2 aromatic rings. The third-order valence-corrected chi connectivity index (χ3v) is 4.20. The number of amides is 1. The number of rotatable bonds is 7. The number of nitrogens with zero attached hydrogens (tertiary/aromatic N) is 4. The average Bonchev–Trinajstić information content (AvgIpc) is 2.68. The molecule has 2 N–H and O–H groups in total. The quantitative estimate of drug-likeness (QED) is 0.802. The fourth-order valence-electron chi connectivity index (χ4n) is 2.92. The fourth-order valence-corrected chi connectivity index (χ4v) is 2.92. The molecule has 1 fully saturated rings. The van der Waals surface area contributed by atoms with E-state index in [4.69, 9.17) is 0 Å². The highest BCUT2D eigenvalue weighted by molar-refractivity contribution is 5.76. The maximum atomic E-state index is 12.1. The Bertz CT molecular complexity index is 672. The molecule has 3 heterocycles. The second-order valence-corrected chi connectivity index (χ2v) is 6.06. The van der Waals surface area contributed by atoms with Gasteiger partial charge in [0.15, 0.2) is 0 Å². The van der Waals surface area contributed by atoms with Crippen LogP contribution in [0.1, 0.15) is 31.2 Å². The van der Waals surface area contributed by atoms with Gasteiger partial charge in [-0.1, -0.05) is 6.07 Å². The van der Waals surface area contributed by atoms with Crippen molar-refractivity contribution in [2.24, 2.45) is 0 Å². The molecule has 0 aromatic carbocycles. The molecule has 2 aromatic heterocycles. The van der Waals surface area contributed by atoms with Gasteiger partial charge in [-0.05, 0) is 31.4 Å². The number of piperidine rings is 1. The molecule has 25 heavy (non-hydrogen) atoms. The SMILES string of the molecule is O=C(CCNc1ncccn1)NCc1cccnc1N1CCCCC1. The standard InChI is InChI=1S/C18H24N6O/c25-16(7-11-22-18-20-9-5-10-21-18)23-14-15-6-4-8-19-17(15)24-12-2-1-3-13-24/h4-6,8-10H,1-3,7,11-14H2,(H,23,25)(H,20,21,22). The Morgan fingerprint density at radius 1 is 1.04 bits per heavy atom. The number of anilines is 2. The van der Waals surface area contributed by atoms with Crippen LogP contribution in [0.2, 0.25) is 0 Å². The van der Waals surface area contributed by atoms with E-state index in [9.17, 15) is 4.79 Å². The molecule has 0 radical (unpaired) electrons. The summed E-state index contributed by atoms with van der Waals surface area (Å²) >= 11 is 0. The van der Waals surface area contributed by atoms with E-state index in [-0.39, 0.29) is 5.91 Å². The van der Waals surface area contributed by atoms with Crippen molar-refractivity contribution in [3.05, 3.63) is 42.4 Å². The van der Waals surface area contributed by atoms with Crippen molar-refractivity contribution in [2.75, 3.05) is 29.9 Å². The Morgan fingerprint density at radius 2 is 1.80 bits per heavy atom. The molecule has 132 valence electrons. The van der Waals surface area contributed by atoms with Gasteiger partial charge < -0.3 is 15.5 Å². The lowest BCUT2D eigenvalue weighted by atomic mass is 10.1. The van der Waals surface area contributed by atoms with E-state index in [2.05, 4.69) is 30.5 Å². The van der Waals surface area contributed by atoms with Gasteiger partial charge in [0.05, 0.1) is 0 Å². The first kappa shape index (κ1) is 17.1. The second kappa shape index (κ2) is 8.96. The third-order valence-electron chi connectivity index (χ3n) is 4.20. The minimum absolute atomic E-state index is 0.00289. The van der Waals surface area contributed by atoms with Gasteiger partial charge in [0, 0.05) is 56.8 Å². The van der Waals surface area contributed by atoms with Crippen LogP contribution in [0.3, 0.4) is 0 Å². The predicted molar refractivity (Wildman–Crippen MR) is 97.3 cm³/mol. The second-order valence-electron chi connectivity index (χ2n) is 6.06. The minimum atomic E-state index is -0.00289. The first-order valence-electron chi connectivity index (χ1n) is 8.79. The molecule has 1 saturated heterocycles. The van der Waals surface area contributed by atoms with Gasteiger partial charge in [-0.15, -0.1) is 0 Å². The molecule has 0 atom stereocenters. The van der Waals surface area contributed by atoms with Gasteiger partial charge in [0.2, 0.25) is 11.9 Å². The summed E-state index contributed by atoms with van der Waals surface area (Å²) in [6.07, 6.45) is 9.22. The number of hydrogen-bond acceptors (Lipinski definition) is 6. The lowest BCUT2D eigenvalue weighted by Crippen LogP contribution is -2.32. The summed E-state index contributed by atoms with van der Waals surface area (Å²) in [6, 6.07) is 5.71. The van der Waals surface area contributed by atoms with E-state index in [0.717, 1.165) is 24.5 Å². The number of nitrogens with one attached hydrogen (secondary N) is 2. The van der Waals surface area contributed by atoms with Crippen molar-refractivity contribution < 1.29 is 4.79 Å². The summed E-state index contributed by atoms with van der Waals surface area (Å²) in [6.45, 7) is 3.08. The maximum absolute atomic E-state index is 12.1. The molecular formula is C18H24N6O. The summed E-state index contributed by atoms with van der Waals surface area (Å²) in [5.74, 6) is 1.53. The van der Waals surface area contributed by atoms with Crippen LogP contribution in [0.5, 0.6) is 0 Å². The molecule has 1 aliphatic heterocycles. The van der Waals surface area contributed by atoms with Crippen LogP contribution in [0.25, 0.3) is 0 Å². The first-order chi connectivity index (χ1) is 12.3. The Hall–Kier alpha value is -2.70. The van der Waals surface area contributed by atoms with Gasteiger partial charge in [0.1, 0.15) is 5.82 Å². The number of carbonyl (C=O) groups excluding carboxylic acids is 1. The number of carbonyl (C=O) groups is 1. The topological polar surface area (TPSA) is 83.0 Å². The third kappa shape index (κ3) is 5.14. The van der Waals surface area contributed by atoms with Crippen molar-refractivity contribution in [3.8, 4) is 0 Å². The van der Waals surface area contributed by atoms with E-state index >= 15 is 0 Å². The van der Waals surface area contributed by atoms with Crippen LogP contribution in [0.15, 0.2) is 36.8 Å². The fraction of sp³-hybridized carbons (Fsp3) is 0.444. The van der Waals surface area contributed by atoms with Crippen molar-refractivity contribution in [1.29, 1.82) is 0 Å². The molecule has 7 heteroatoms. The van der Waals surface area contributed by atoms with Crippen LogP contribution in [0.4, 0.5) is 11.8 Å². The van der Waals surface area contributed by atoms with E-state index < -0.39 is 0 Å². The lowest BCUT2D eigenvalue weighted by molar-refractivity contribution is -0.121. The van der Waals surface area contributed by atoms with Crippen molar-refractivity contribution in [1.82, 2.24) is 20.3 Å². The van der Waals surface area contributed by atoms with Crippen LogP contribution in [-0.2, 0) is 11.3 Å². The van der Waals surface area contributed by atoms with Crippen LogP contribution >= 0.6 is 0 Å². The van der Waals surface area contributed by atoms with E-state index in [1.165, 1.54) is 19.3 Å². The van der Waals surface area contributed by atoms with Gasteiger partial charge in [-0.3, -0.25) is 4.79 Å².